The number of hydrogen-bond acceptors (Lipinski definition) is 3. The summed E-state index contributed by atoms with van der Waals surface area (Å²) in [7, 11) is 0. The molecule has 0 unspecified atom stereocenters. The fraction of sp³-hybridized carbons (Fsp3) is 0.200. The summed E-state index contributed by atoms with van der Waals surface area (Å²) < 4.78 is 5.30. The monoisotopic (exact) mass is 256 g/mol. The minimum Gasteiger partial charge on any atom is -0.466 e. The van der Waals surface area contributed by atoms with Gasteiger partial charge < -0.3 is 4.42 Å². The molecule has 0 bridgehead atoms. The topological polar surface area (TPSA) is 54.6 Å². The molecule has 0 aliphatic heterocycles. The van der Waals surface area contributed by atoms with Gasteiger partial charge in [-0.1, -0.05) is 29.8 Å². The fourth-order valence-electron chi connectivity index (χ4n) is 1.83. The van der Waals surface area contributed by atoms with E-state index in [-0.39, 0.29) is 5.91 Å². The van der Waals surface area contributed by atoms with E-state index in [0.29, 0.717) is 17.1 Å². The molecule has 0 aliphatic rings. The Hall–Kier alpha value is -2.36. The normalized spacial score (nSPS) is 10.9. The maximum absolute atomic E-state index is 11.9. The van der Waals surface area contributed by atoms with Gasteiger partial charge in [0.1, 0.15) is 11.5 Å². The van der Waals surface area contributed by atoms with Crippen LogP contribution in [0.5, 0.6) is 0 Å². The summed E-state index contributed by atoms with van der Waals surface area (Å²) in [5, 5.41) is 3.94. The molecular weight excluding hydrogens is 240 g/mol. The van der Waals surface area contributed by atoms with Gasteiger partial charge in [0, 0.05) is 0 Å². The Labute approximate surface area is 112 Å². The van der Waals surface area contributed by atoms with E-state index in [0.717, 1.165) is 11.1 Å². The lowest BCUT2D eigenvalue weighted by Crippen LogP contribution is -2.17. The average Bonchev–Trinajstić information content (AvgIpc) is 2.68. The summed E-state index contributed by atoms with van der Waals surface area (Å²) in [5.41, 5.74) is 5.10. The van der Waals surface area contributed by atoms with Crippen molar-refractivity contribution in [1.29, 1.82) is 0 Å². The molecule has 4 heteroatoms. The van der Waals surface area contributed by atoms with Crippen molar-refractivity contribution in [2.24, 2.45) is 5.10 Å². The van der Waals surface area contributed by atoms with Gasteiger partial charge in [0.25, 0.3) is 5.91 Å². The minimum absolute atomic E-state index is 0.266. The number of hydrogen-bond donors (Lipinski definition) is 1. The second kappa shape index (κ2) is 5.52. The predicted molar refractivity (Wildman–Crippen MR) is 74.4 cm³/mol. The quantitative estimate of drug-likeness (QED) is 0.678. The number of hydrazone groups is 1. The van der Waals surface area contributed by atoms with Crippen molar-refractivity contribution in [2.75, 3.05) is 0 Å². The Kier molecular flexibility index (Phi) is 3.80. The number of rotatable bonds is 3. The standard InChI is InChI=1S/C15H16N2O2/c1-10-5-4-6-13(7-10)9-16-17-15(18)14-8-11(2)19-12(14)3/h4-9H,1-3H3,(H,17,18)/b16-9+. The van der Waals surface area contributed by atoms with Gasteiger partial charge in [-0.05, 0) is 32.4 Å². The first-order valence-corrected chi connectivity index (χ1v) is 6.03. The van der Waals surface area contributed by atoms with E-state index >= 15 is 0 Å². The van der Waals surface area contributed by atoms with E-state index in [9.17, 15) is 4.79 Å². The summed E-state index contributed by atoms with van der Waals surface area (Å²) in [5.74, 6) is 1.05. The third-order valence-electron chi connectivity index (χ3n) is 2.71. The van der Waals surface area contributed by atoms with Gasteiger partial charge in [-0.3, -0.25) is 4.79 Å². The van der Waals surface area contributed by atoms with Crippen LogP contribution in [0.4, 0.5) is 0 Å². The fourth-order valence-corrected chi connectivity index (χ4v) is 1.83. The number of nitrogens with zero attached hydrogens (tertiary/aromatic N) is 1. The van der Waals surface area contributed by atoms with Crippen molar-refractivity contribution in [1.82, 2.24) is 5.43 Å². The lowest BCUT2D eigenvalue weighted by atomic mass is 10.2. The van der Waals surface area contributed by atoms with Crippen molar-refractivity contribution >= 4 is 12.1 Å². The smallest absolute Gasteiger partial charge is 0.274 e. The van der Waals surface area contributed by atoms with Crippen LogP contribution in [0.25, 0.3) is 0 Å². The van der Waals surface area contributed by atoms with Crippen LogP contribution in [0.3, 0.4) is 0 Å². The Morgan fingerprint density at radius 2 is 2.05 bits per heavy atom. The first-order valence-electron chi connectivity index (χ1n) is 6.03. The minimum atomic E-state index is -0.266. The van der Waals surface area contributed by atoms with Crippen molar-refractivity contribution in [3.05, 3.63) is 58.5 Å². The first-order chi connectivity index (χ1) is 9.06. The van der Waals surface area contributed by atoms with E-state index in [1.807, 2.05) is 31.2 Å². The van der Waals surface area contributed by atoms with Crippen molar-refractivity contribution in [3.63, 3.8) is 0 Å². The van der Waals surface area contributed by atoms with Gasteiger partial charge in [0.15, 0.2) is 0 Å². The highest BCUT2D eigenvalue weighted by Crippen LogP contribution is 2.13. The number of benzene rings is 1. The Bertz CT molecular complexity index is 627. The van der Waals surface area contributed by atoms with Crippen LogP contribution in [-0.2, 0) is 0 Å². The van der Waals surface area contributed by atoms with Crippen LogP contribution in [0.15, 0.2) is 39.9 Å². The third-order valence-corrected chi connectivity index (χ3v) is 2.71. The largest absolute Gasteiger partial charge is 0.466 e. The molecule has 0 saturated carbocycles. The average molecular weight is 256 g/mol. The van der Waals surface area contributed by atoms with E-state index in [1.54, 1.807) is 26.1 Å². The van der Waals surface area contributed by atoms with Gasteiger partial charge in [0.2, 0.25) is 0 Å². The Morgan fingerprint density at radius 3 is 2.68 bits per heavy atom. The van der Waals surface area contributed by atoms with Crippen LogP contribution in [0.2, 0.25) is 0 Å². The lowest BCUT2D eigenvalue weighted by Gasteiger charge is -1.98. The highest BCUT2D eigenvalue weighted by molar-refractivity contribution is 5.95. The molecule has 0 fully saturated rings. The third kappa shape index (κ3) is 3.31. The van der Waals surface area contributed by atoms with Crippen LogP contribution in [-0.4, -0.2) is 12.1 Å². The molecule has 0 saturated heterocycles. The summed E-state index contributed by atoms with van der Waals surface area (Å²) in [4.78, 5) is 11.9. The first kappa shape index (κ1) is 13.1. The maximum Gasteiger partial charge on any atom is 0.274 e. The molecule has 19 heavy (non-hydrogen) atoms. The van der Waals surface area contributed by atoms with Gasteiger partial charge in [-0.15, -0.1) is 0 Å². The van der Waals surface area contributed by atoms with E-state index in [1.165, 1.54) is 0 Å². The van der Waals surface area contributed by atoms with Gasteiger partial charge in [-0.25, -0.2) is 5.43 Å². The molecule has 98 valence electrons. The molecule has 2 aromatic rings. The number of aryl methyl sites for hydroxylation is 3. The molecule has 0 radical (unpaired) electrons. The van der Waals surface area contributed by atoms with Crippen LogP contribution >= 0.6 is 0 Å². The molecule has 1 aromatic heterocycles. The van der Waals surface area contributed by atoms with E-state index in [2.05, 4.69) is 10.5 Å². The predicted octanol–water partition coefficient (Wildman–Crippen LogP) is 2.97. The maximum atomic E-state index is 11.9. The van der Waals surface area contributed by atoms with Gasteiger partial charge >= 0.3 is 0 Å². The second-order valence-electron chi connectivity index (χ2n) is 4.44. The van der Waals surface area contributed by atoms with Crippen LogP contribution < -0.4 is 5.43 Å². The number of furan rings is 1. The van der Waals surface area contributed by atoms with Gasteiger partial charge in [-0.2, -0.15) is 5.10 Å². The Balaban J connectivity index is 2.03. The molecule has 1 aromatic carbocycles. The van der Waals surface area contributed by atoms with Crippen LogP contribution in [0, 0.1) is 20.8 Å². The highest BCUT2D eigenvalue weighted by atomic mass is 16.3. The highest BCUT2D eigenvalue weighted by Gasteiger charge is 2.12. The van der Waals surface area contributed by atoms with Crippen LogP contribution in [0.1, 0.15) is 33.0 Å². The van der Waals surface area contributed by atoms with Crippen molar-refractivity contribution in [2.45, 2.75) is 20.8 Å². The molecule has 4 nitrogen and oxygen atoms in total. The molecule has 1 N–H and O–H groups in total. The zero-order valence-corrected chi connectivity index (χ0v) is 11.2. The zero-order chi connectivity index (χ0) is 13.8. The van der Waals surface area contributed by atoms with E-state index < -0.39 is 0 Å². The van der Waals surface area contributed by atoms with Gasteiger partial charge in [0.05, 0.1) is 11.8 Å². The molecule has 0 spiro atoms. The summed E-state index contributed by atoms with van der Waals surface area (Å²) >= 11 is 0. The van der Waals surface area contributed by atoms with Crippen molar-refractivity contribution in [3.8, 4) is 0 Å². The van der Waals surface area contributed by atoms with Crippen molar-refractivity contribution < 1.29 is 9.21 Å². The number of carbonyl (C=O) groups is 1. The summed E-state index contributed by atoms with van der Waals surface area (Å²) in [6.45, 7) is 5.57. The second-order valence-corrected chi connectivity index (χ2v) is 4.44. The lowest BCUT2D eigenvalue weighted by molar-refractivity contribution is 0.0953. The zero-order valence-electron chi connectivity index (χ0n) is 11.2. The number of carbonyl (C=O) groups excluding carboxylic acids is 1. The molecule has 0 aliphatic carbocycles. The summed E-state index contributed by atoms with van der Waals surface area (Å²) in [6, 6.07) is 9.57. The molecular formula is C15H16N2O2. The SMILES string of the molecule is Cc1cccc(/C=N/NC(=O)c2cc(C)oc2C)c1. The Morgan fingerprint density at radius 1 is 1.26 bits per heavy atom. The molecule has 2 rings (SSSR count). The molecule has 1 heterocycles. The number of nitrogens with one attached hydrogen (secondary N) is 1. The number of amides is 1. The summed E-state index contributed by atoms with van der Waals surface area (Å²) in [6.07, 6.45) is 1.62. The molecule has 1 amide bonds. The molecule has 0 atom stereocenters. The van der Waals surface area contributed by atoms with E-state index in [4.69, 9.17) is 4.42 Å².